The zero-order valence-electron chi connectivity index (χ0n) is 44.9. The van der Waals surface area contributed by atoms with Crippen LogP contribution in [0.15, 0.2) is 66.6 Å². The van der Waals surface area contributed by atoms with Gasteiger partial charge in [-0.05, 0) is 113 Å². The summed E-state index contributed by atoms with van der Waals surface area (Å²) in [6.45, 7) is 18.6. The number of fused-ring (bicyclic) bond motifs is 2. The quantitative estimate of drug-likeness (QED) is 0.0447. The fourth-order valence-electron chi connectivity index (χ4n) is 12.1. The van der Waals surface area contributed by atoms with Crippen molar-refractivity contribution in [3.63, 3.8) is 0 Å². The molecule has 5 aromatic rings. The molecule has 4 saturated heterocycles. The van der Waals surface area contributed by atoms with Gasteiger partial charge in [-0.25, -0.2) is 14.4 Å². The van der Waals surface area contributed by atoms with Crippen LogP contribution in [0.5, 0.6) is 5.75 Å². The maximum Gasteiger partial charge on any atom is 0.243 e. The van der Waals surface area contributed by atoms with Crippen LogP contribution in [0.25, 0.3) is 21.6 Å². The minimum Gasteiger partial charge on any atom is -0.482 e. The van der Waals surface area contributed by atoms with Gasteiger partial charge in [0.2, 0.25) is 11.8 Å². The first-order chi connectivity index (χ1) is 36.5. The number of aliphatic hydroxyl groups is 1. The van der Waals surface area contributed by atoms with Crippen LogP contribution in [-0.4, -0.2) is 133 Å². The molecule has 9 rings (SSSR count). The number of piperazine rings is 1. The average Bonchev–Trinajstić information content (AvgIpc) is 4.29. The Balaban J connectivity index is 0.638. The Hall–Kier alpha value is -4.68. The number of nitrogen functional groups attached to an aromatic ring is 1. The minimum absolute atomic E-state index is 0.0138. The minimum atomic E-state index is -0.711. The predicted molar refractivity (Wildman–Crippen MR) is 301 cm³/mol. The van der Waals surface area contributed by atoms with Crippen molar-refractivity contribution < 1.29 is 23.8 Å². The molecule has 76 heavy (non-hydrogen) atoms. The molecule has 2 aromatic carbocycles. The Morgan fingerprint density at radius 3 is 2.25 bits per heavy atom. The van der Waals surface area contributed by atoms with Crippen molar-refractivity contribution in [2.45, 2.75) is 148 Å². The monoisotopic (exact) mass is 1100 g/mol. The lowest BCUT2D eigenvalue weighted by Gasteiger charge is -2.35. The van der Waals surface area contributed by atoms with Crippen molar-refractivity contribution in [1.29, 1.82) is 0 Å². The number of aryl methyl sites for hydroxylation is 1. The maximum atomic E-state index is 14.2. The van der Waals surface area contributed by atoms with Gasteiger partial charge in [0.05, 0.1) is 39.4 Å². The first-order valence-corrected chi connectivity index (χ1v) is 29.2. The number of thiazole rings is 1. The maximum absolute atomic E-state index is 14.2. The largest absolute Gasteiger partial charge is 0.482 e. The number of likely N-dealkylation sites (tertiary alicyclic amines) is 4. The topological polar surface area (TPSA) is 158 Å². The molecule has 0 saturated carbocycles. The third kappa shape index (κ3) is 13.4. The highest BCUT2D eigenvalue weighted by molar-refractivity contribution is 7.13. The Bertz CT molecular complexity index is 2760. The van der Waals surface area contributed by atoms with E-state index >= 15 is 0 Å². The summed E-state index contributed by atoms with van der Waals surface area (Å²) in [6, 6.07) is 13.6. The summed E-state index contributed by atoms with van der Waals surface area (Å²) in [6.07, 6.45) is 15.5. The van der Waals surface area contributed by atoms with Gasteiger partial charge in [-0.2, -0.15) is 5.10 Å². The van der Waals surface area contributed by atoms with Crippen LogP contribution in [-0.2, 0) is 16.1 Å². The number of nitrogens with one attached hydrogen (secondary N) is 1. The normalized spacial score (nSPS) is 21.4. The predicted octanol–water partition coefficient (Wildman–Crippen LogP) is 10.6. The molecule has 2 amide bonds. The van der Waals surface area contributed by atoms with E-state index in [4.69, 9.17) is 38.8 Å². The van der Waals surface area contributed by atoms with Crippen molar-refractivity contribution in [1.82, 2.24) is 44.7 Å². The van der Waals surface area contributed by atoms with Gasteiger partial charge in [0.25, 0.3) is 0 Å². The Kier molecular flexibility index (Phi) is 18.4. The molecule has 2 unspecified atom stereocenters. The van der Waals surface area contributed by atoms with Crippen LogP contribution in [0.3, 0.4) is 0 Å². The van der Waals surface area contributed by atoms with E-state index in [9.17, 15) is 19.1 Å². The van der Waals surface area contributed by atoms with E-state index in [1.807, 2.05) is 36.8 Å². The summed E-state index contributed by atoms with van der Waals surface area (Å²) in [5.41, 5.74) is 12.9. The van der Waals surface area contributed by atoms with Crippen LogP contribution in [0, 0.1) is 24.1 Å². The molecule has 4 aliphatic rings. The van der Waals surface area contributed by atoms with E-state index in [2.05, 4.69) is 73.8 Å². The van der Waals surface area contributed by atoms with Gasteiger partial charge in [0.1, 0.15) is 18.0 Å². The van der Waals surface area contributed by atoms with Gasteiger partial charge < -0.3 is 30.7 Å². The van der Waals surface area contributed by atoms with Crippen molar-refractivity contribution in [2.24, 2.45) is 11.3 Å². The number of amides is 2. The summed E-state index contributed by atoms with van der Waals surface area (Å²) in [7, 11) is 0. The van der Waals surface area contributed by atoms with Crippen molar-refractivity contribution in [3.05, 3.63) is 99.2 Å². The molecule has 6 atom stereocenters. The third-order valence-corrected chi connectivity index (χ3v) is 18.2. The van der Waals surface area contributed by atoms with E-state index in [1.165, 1.54) is 50.9 Å². The first-order valence-electron chi connectivity index (χ1n) is 27.6. The molecule has 410 valence electrons. The van der Waals surface area contributed by atoms with E-state index in [0.717, 1.165) is 104 Å². The fraction of sp³-hybridized carbons (Fsp3) is 0.569. The number of rotatable bonds is 22. The first kappa shape index (κ1) is 56.1. The molecule has 0 radical (unpaired) electrons. The standard InChI is InChI=1S/C58H77Cl2FN10O4S/c1-37-54(76-36-65-37)40-15-13-39(14-16-40)29-64-56(73)50-28-46(72)35-70(50)57(74)47(58(3,4)5)12-8-6-10-22-68-33-45-27-44(68)34-69(45)23-11-7-9-21-67-24-19-43(20-25-67)71-32-42(31-66-71)41-26-51(55(62)63-30-41)75-38(2)52-48(59)17-18-49(61)53(52)60/h13-18,26,30-32,36,38,43-47,50,72H,6-12,19-25,27-29,33-35H2,1-5H3,(H2,62,63)(H,64,73)/t38-,44?,45?,46-,47-,50+/m1/s1. The Morgan fingerprint density at radius 2 is 1.58 bits per heavy atom. The van der Waals surface area contributed by atoms with Gasteiger partial charge in [-0.3, -0.25) is 24.1 Å². The second kappa shape index (κ2) is 25.0. The molecular weight excluding hydrogens is 1020 g/mol. The number of β-amino-alcohol motifs (C(OH)–C–C–N with tert-alkyl or cyclic N) is 1. The smallest absolute Gasteiger partial charge is 0.243 e. The summed E-state index contributed by atoms with van der Waals surface area (Å²) >= 11 is 14.2. The summed E-state index contributed by atoms with van der Waals surface area (Å²) in [4.78, 5) is 47.4. The second-order valence-electron chi connectivity index (χ2n) is 22.8. The molecule has 7 heterocycles. The number of anilines is 1. The fourth-order valence-corrected chi connectivity index (χ4v) is 13.6. The number of benzene rings is 2. The van der Waals surface area contributed by atoms with Gasteiger partial charge >= 0.3 is 0 Å². The van der Waals surface area contributed by atoms with Crippen LogP contribution in [0.2, 0.25) is 10.0 Å². The molecule has 4 fully saturated rings. The third-order valence-electron chi connectivity index (χ3n) is 16.5. The number of carbonyl (C=O) groups excluding carboxylic acids is 2. The molecule has 2 bridgehead atoms. The number of halogens is 3. The lowest BCUT2D eigenvalue weighted by Crippen LogP contribution is -2.49. The molecule has 14 nitrogen and oxygen atoms in total. The highest BCUT2D eigenvalue weighted by Gasteiger charge is 2.44. The Morgan fingerprint density at radius 1 is 0.882 bits per heavy atom. The zero-order valence-corrected chi connectivity index (χ0v) is 47.2. The molecule has 4 aliphatic heterocycles. The molecule has 0 aliphatic carbocycles. The zero-order chi connectivity index (χ0) is 53.7. The number of carbonyl (C=O) groups is 2. The summed E-state index contributed by atoms with van der Waals surface area (Å²) < 4.78 is 22.4. The van der Waals surface area contributed by atoms with Crippen LogP contribution >= 0.6 is 34.5 Å². The number of hydrogen-bond donors (Lipinski definition) is 3. The molecule has 0 spiro atoms. The average molecular weight is 1100 g/mol. The second-order valence-corrected chi connectivity index (χ2v) is 24.5. The Labute approximate surface area is 462 Å². The number of unbranched alkanes of at least 4 members (excludes halogenated alkanes) is 4. The van der Waals surface area contributed by atoms with E-state index in [-0.39, 0.29) is 47.0 Å². The highest BCUT2D eigenvalue weighted by Crippen LogP contribution is 2.39. The number of aliphatic hydroxyl groups excluding tert-OH is 1. The number of nitrogens with zero attached hydrogens (tertiary/aromatic N) is 8. The lowest BCUT2D eigenvalue weighted by molar-refractivity contribution is -0.145. The summed E-state index contributed by atoms with van der Waals surface area (Å²) in [5, 5.41) is 18.7. The van der Waals surface area contributed by atoms with Crippen molar-refractivity contribution in [3.8, 4) is 27.3 Å². The van der Waals surface area contributed by atoms with Crippen molar-refractivity contribution in [2.75, 3.05) is 58.1 Å². The number of pyridine rings is 1. The van der Waals surface area contributed by atoms with Gasteiger partial charge in [0, 0.05) is 97.8 Å². The van der Waals surface area contributed by atoms with Crippen LogP contribution in [0.4, 0.5) is 10.2 Å². The summed E-state index contributed by atoms with van der Waals surface area (Å²) in [5.74, 6) is -0.443. The SMILES string of the molecule is Cc1ncsc1-c1ccc(CNC(=O)[C@@H]2C[C@@H](O)CN2C(=O)[C@@H](CCCCCN2CC3CC2CN3CCCCCN2CCC(n3cc(-c4cnc(N)c(O[C@H](C)c5c(Cl)ccc(F)c5Cl)c4)cn3)CC2)C(C)(C)C)cc1. The van der Waals surface area contributed by atoms with Crippen molar-refractivity contribution >= 4 is 52.2 Å². The number of aromatic nitrogens is 4. The number of nitrogens with two attached hydrogens (primary N) is 1. The number of ether oxygens (including phenoxy) is 1. The highest BCUT2D eigenvalue weighted by atomic mass is 35.5. The molecule has 18 heteroatoms. The molecular formula is C58H77Cl2FN10O4S. The van der Waals surface area contributed by atoms with E-state index in [0.29, 0.717) is 41.0 Å². The van der Waals surface area contributed by atoms with Gasteiger partial charge in [-0.15, -0.1) is 11.3 Å². The van der Waals surface area contributed by atoms with E-state index in [1.54, 1.807) is 29.4 Å². The molecule has 4 N–H and O–H groups in total. The van der Waals surface area contributed by atoms with Crippen LogP contribution < -0.4 is 15.8 Å². The lowest BCUT2D eigenvalue weighted by atomic mass is 9.76. The van der Waals surface area contributed by atoms with Gasteiger partial charge in [0.15, 0.2) is 11.6 Å². The van der Waals surface area contributed by atoms with Gasteiger partial charge in [-0.1, -0.05) is 87.5 Å². The van der Waals surface area contributed by atoms with Crippen LogP contribution in [0.1, 0.15) is 127 Å². The number of hydrogen-bond acceptors (Lipinski definition) is 12. The number of piperidine rings is 1. The molecule has 3 aromatic heterocycles. The van der Waals surface area contributed by atoms with E-state index < -0.39 is 24.1 Å².